The van der Waals surface area contributed by atoms with Gasteiger partial charge in [-0.25, -0.2) is 5.84 Å². The highest BCUT2D eigenvalue weighted by Crippen LogP contribution is 2.29. The van der Waals surface area contributed by atoms with Crippen LogP contribution in [0.3, 0.4) is 0 Å². The van der Waals surface area contributed by atoms with E-state index in [0.29, 0.717) is 16.5 Å². The summed E-state index contributed by atoms with van der Waals surface area (Å²) in [5.74, 6) is 5.29. The van der Waals surface area contributed by atoms with E-state index in [-0.39, 0.29) is 11.8 Å². The van der Waals surface area contributed by atoms with Crippen molar-refractivity contribution in [3.63, 3.8) is 0 Å². The van der Waals surface area contributed by atoms with Crippen LogP contribution in [0, 0.1) is 5.92 Å². The molecule has 0 saturated carbocycles. The van der Waals surface area contributed by atoms with Crippen LogP contribution in [-0.4, -0.2) is 11.7 Å². The molecule has 16 heavy (non-hydrogen) atoms. The van der Waals surface area contributed by atoms with Crippen molar-refractivity contribution in [1.29, 1.82) is 0 Å². The van der Waals surface area contributed by atoms with Crippen LogP contribution in [0.15, 0.2) is 23.1 Å². The van der Waals surface area contributed by atoms with Crippen LogP contribution in [0.4, 0.5) is 5.69 Å². The van der Waals surface area contributed by atoms with Crippen LogP contribution in [0.1, 0.15) is 6.92 Å². The molecule has 0 bridgehead atoms. The van der Waals surface area contributed by atoms with Gasteiger partial charge in [0, 0.05) is 27.3 Å². The second kappa shape index (κ2) is 5.98. The van der Waals surface area contributed by atoms with Crippen molar-refractivity contribution in [2.45, 2.75) is 11.8 Å². The van der Waals surface area contributed by atoms with Crippen LogP contribution < -0.4 is 17.0 Å². The summed E-state index contributed by atoms with van der Waals surface area (Å²) in [6.45, 7) is 1.80. The summed E-state index contributed by atoms with van der Waals surface area (Å²) in [5, 5.41) is 0.632. The highest BCUT2D eigenvalue weighted by atomic mass is 35.5. The zero-order valence-electron chi connectivity index (χ0n) is 8.87. The van der Waals surface area contributed by atoms with Gasteiger partial charge in [-0.05, 0) is 18.2 Å². The van der Waals surface area contributed by atoms with E-state index in [1.165, 1.54) is 11.8 Å². The third-order valence-electron chi connectivity index (χ3n) is 2.05. The Kier molecular flexibility index (Phi) is 4.92. The van der Waals surface area contributed by atoms with Crippen molar-refractivity contribution in [2.24, 2.45) is 11.8 Å². The second-order valence-corrected chi connectivity index (χ2v) is 4.90. The maximum atomic E-state index is 11.2. The zero-order chi connectivity index (χ0) is 12.1. The van der Waals surface area contributed by atoms with Crippen molar-refractivity contribution >= 4 is 35.0 Å². The van der Waals surface area contributed by atoms with E-state index in [9.17, 15) is 4.79 Å². The molecule has 0 saturated heterocycles. The van der Waals surface area contributed by atoms with Gasteiger partial charge in [0.1, 0.15) is 0 Å². The van der Waals surface area contributed by atoms with Crippen molar-refractivity contribution in [1.82, 2.24) is 5.43 Å². The van der Waals surface area contributed by atoms with Crippen molar-refractivity contribution in [2.75, 3.05) is 11.5 Å². The van der Waals surface area contributed by atoms with E-state index in [1.807, 2.05) is 0 Å². The molecule has 0 spiro atoms. The summed E-state index contributed by atoms with van der Waals surface area (Å²) in [6, 6.07) is 5.27. The molecule has 5 N–H and O–H groups in total. The average molecular weight is 260 g/mol. The fraction of sp³-hybridized carbons (Fsp3) is 0.300. The Morgan fingerprint density at radius 2 is 2.31 bits per heavy atom. The lowest BCUT2D eigenvalue weighted by Crippen LogP contribution is -2.35. The molecule has 1 rings (SSSR count). The van der Waals surface area contributed by atoms with Gasteiger partial charge in [-0.3, -0.25) is 10.2 Å². The Hall–Kier alpha value is -0.910. The molecule has 0 aromatic heterocycles. The van der Waals surface area contributed by atoms with Gasteiger partial charge in [-0.15, -0.1) is 11.8 Å². The molecular weight excluding hydrogens is 246 g/mol. The molecule has 6 heteroatoms. The Balaban J connectivity index is 2.60. The highest BCUT2D eigenvalue weighted by molar-refractivity contribution is 7.99. The van der Waals surface area contributed by atoms with Gasteiger partial charge >= 0.3 is 0 Å². The average Bonchev–Trinajstić information content (AvgIpc) is 2.28. The Labute approximate surface area is 104 Å². The smallest absolute Gasteiger partial charge is 0.237 e. The predicted octanol–water partition coefficient (Wildman–Crippen LogP) is 1.64. The molecule has 1 aromatic rings. The van der Waals surface area contributed by atoms with E-state index >= 15 is 0 Å². The minimum atomic E-state index is -0.187. The number of thioether (sulfide) groups is 1. The van der Waals surface area contributed by atoms with Gasteiger partial charge in [-0.1, -0.05) is 18.5 Å². The molecule has 0 aliphatic carbocycles. The second-order valence-electron chi connectivity index (χ2n) is 3.40. The topological polar surface area (TPSA) is 81.1 Å². The first-order chi connectivity index (χ1) is 7.54. The van der Waals surface area contributed by atoms with E-state index in [4.69, 9.17) is 23.2 Å². The molecule has 88 valence electrons. The molecule has 4 nitrogen and oxygen atoms in total. The lowest BCUT2D eigenvalue weighted by Gasteiger charge is -2.10. The monoisotopic (exact) mass is 259 g/mol. The standard InChI is InChI=1S/C10H14ClN3OS/c1-6(10(15)14-13)5-16-9-4-7(11)2-3-8(9)12/h2-4,6H,5,12-13H2,1H3,(H,14,15). The van der Waals surface area contributed by atoms with E-state index in [1.54, 1.807) is 25.1 Å². The fourth-order valence-corrected chi connectivity index (χ4v) is 2.33. The summed E-state index contributed by atoms with van der Waals surface area (Å²) in [7, 11) is 0. The molecule has 1 aromatic carbocycles. The molecule has 1 unspecified atom stereocenters. The SMILES string of the molecule is CC(CSc1cc(Cl)ccc1N)C(=O)NN. The van der Waals surface area contributed by atoms with Crippen LogP contribution in [-0.2, 0) is 4.79 Å². The predicted molar refractivity (Wildman–Crippen MR) is 68.1 cm³/mol. The largest absolute Gasteiger partial charge is 0.398 e. The number of rotatable bonds is 4. The van der Waals surface area contributed by atoms with Gasteiger partial charge in [0.05, 0.1) is 0 Å². The number of benzene rings is 1. The number of nitrogens with one attached hydrogen (secondary N) is 1. The van der Waals surface area contributed by atoms with Crippen LogP contribution in [0.25, 0.3) is 0 Å². The molecule has 1 atom stereocenters. The normalized spacial score (nSPS) is 12.2. The fourth-order valence-electron chi connectivity index (χ4n) is 1.07. The Bertz CT molecular complexity index is 386. The number of halogens is 1. The number of carbonyl (C=O) groups is 1. The molecule has 1 amide bonds. The number of nitrogens with two attached hydrogens (primary N) is 2. The first-order valence-corrected chi connectivity index (χ1v) is 6.09. The lowest BCUT2D eigenvalue weighted by molar-refractivity contribution is -0.123. The molecule has 0 radical (unpaired) electrons. The van der Waals surface area contributed by atoms with Gasteiger partial charge in [0.15, 0.2) is 0 Å². The summed E-state index contributed by atoms with van der Waals surface area (Å²) in [4.78, 5) is 12.1. The number of hydrogen-bond acceptors (Lipinski definition) is 4. The number of carbonyl (C=O) groups excluding carboxylic acids is 1. The lowest BCUT2D eigenvalue weighted by atomic mass is 10.2. The minimum absolute atomic E-state index is 0.173. The minimum Gasteiger partial charge on any atom is -0.398 e. The quantitative estimate of drug-likeness (QED) is 0.252. The summed E-state index contributed by atoms with van der Waals surface area (Å²) in [6.07, 6.45) is 0. The number of anilines is 1. The molecule has 0 fully saturated rings. The molecular formula is C10H14ClN3OS. The third kappa shape index (κ3) is 3.59. The van der Waals surface area contributed by atoms with Crippen LogP contribution in [0.5, 0.6) is 0 Å². The first-order valence-electron chi connectivity index (χ1n) is 4.73. The number of hydrazine groups is 1. The van der Waals surface area contributed by atoms with E-state index < -0.39 is 0 Å². The van der Waals surface area contributed by atoms with Crippen LogP contribution in [0.2, 0.25) is 5.02 Å². The Morgan fingerprint density at radius 3 is 2.94 bits per heavy atom. The van der Waals surface area contributed by atoms with E-state index in [2.05, 4.69) is 5.43 Å². The molecule has 0 aliphatic rings. The maximum absolute atomic E-state index is 11.2. The molecule has 0 heterocycles. The van der Waals surface area contributed by atoms with Crippen molar-refractivity contribution in [3.05, 3.63) is 23.2 Å². The van der Waals surface area contributed by atoms with Gasteiger partial charge in [0.25, 0.3) is 0 Å². The zero-order valence-corrected chi connectivity index (χ0v) is 10.4. The Morgan fingerprint density at radius 1 is 1.62 bits per heavy atom. The van der Waals surface area contributed by atoms with Gasteiger partial charge in [-0.2, -0.15) is 0 Å². The highest BCUT2D eigenvalue weighted by Gasteiger charge is 2.12. The van der Waals surface area contributed by atoms with Crippen molar-refractivity contribution in [3.8, 4) is 0 Å². The summed E-state index contributed by atoms with van der Waals surface area (Å²) in [5.41, 5.74) is 8.56. The number of nitrogen functional groups attached to an aromatic ring is 1. The van der Waals surface area contributed by atoms with E-state index in [0.717, 1.165) is 4.90 Å². The molecule has 0 aliphatic heterocycles. The number of hydrogen-bond donors (Lipinski definition) is 3. The van der Waals surface area contributed by atoms with Crippen LogP contribution >= 0.6 is 23.4 Å². The number of amides is 1. The third-order valence-corrected chi connectivity index (χ3v) is 3.62. The van der Waals surface area contributed by atoms with Gasteiger partial charge < -0.3 is 5.73 Å². The maximum Gasteiger partial charge on any atom is 0.237 e. The van der Waals surface area contributed by atoms with Crippen molar-refractivity contribution < 1.29 is 4.79 Å². The van der Waals surface area contributed by atoms with Gasteiger partial charge in [0.2, 0.25) is 5.91 Å². The first kappa shape index (κ1) is 13.2. The summed E-state index contributed by atoms with van der Waals surface area (Å²) < 4.78 is 0. The summed E-state index contributed by atoms with van der Waals surface area (Å²) >= 11 is 7.34.